The van der Waals surface area contributed by atoms with Crippen LogP contribution in [0, 0.1) is 24.7 Å². The van der Waals surface area contributed by atoms with E-state index in [1.165, 1.54) is 77.3 Å². The van der Waals surface area contributed by atoms with Gasteiger partial charge in [0.15, 0.2) is 5.82 Å². The van der Waals surface area contributed by atoms with Crippen LogP contribution in [0.3, 0.4) is 0 Å². The summed E-state index contributed by atoms with van der Waals surface area (Å²) in [6, 6.07) is 3.56. The maximum atomic E-state index is 11.2. The van der Waals surface area contributed by atoms with Crippen LogP contribution in [0.5, 0.6) is 0 Å². The Hall–Kier alpha value is -3.45. The summed E-state index contributed by atoms with van der Waals surface area (Å²) < 4.78 is 29.8. The van der Waals surface area contributed by atoms with Gasteiger partial charge in [-0.2, -0.15) is 10.1 Å². The third kappa shape index (κ3) is 32.2. The molecule has 0 aromatic carbocycles. The van der Waals surface area contributed by atoms with Gasteiger partial charge in [0.25, 0.3) is 0 Å². The molecular formula is C46H93N11O6S. The first kappa shape index (κ1) is 62.6. The lowest BCUT2D eigenvalue weighted by atomic mass is 9.93. The molecule has 18 heteroatoms. The molecule has 2 aromatic heterocycles. The number of rotatable bonds is 11. The molecule has 64 heavy (non-hydrogen) atoms. The van der Waals surface area contributed by atoms with Crippen molar-refractivity contribution in [3.8, 4) is 0 Å². The number of aromatic nitrogens is 4. The first-order chi connectivity index (χ1) is 29.7. The number of hydrogen-bond donors (Lipinski definition) is 5. The topological polar surface area (TPSA) is 209 Å². The Labute approximate surface area is 389 Å². The van der Waals surface area contributed by atoms with Gasteiger partial charge in [0.2, 0.25) is 33.6 Å². The maximum absolute atomic E-state index is 11.2. The first-order valence-corrected chi connectivity index (χ1v) is 24.9. The highest BCUT2D eigenvalue weighted by molar-refractivity contribution is 7.89. The quantitative estimate of drug-likeness (QED) is 0.182. The number of amides is 3. The van der Waals surface area contributed by atoms with Gasteiger partial charge >= 0.3 is 0 Å². The van der Waals surface area contributed by atoms with E-state index >= 15 is 0 Å². The third-order valence-electron chi connectivity index (χ3n) is 9.45. The van der Waals surface area contributed by atoms with Gasteiger partial charge in [0, 0.05) is 122 Å². The fourth-order valence-corrected chi connectivity index (χ4v) is 6.28. The Kier molecular flexibility index (Phi) is 34.1. The van der Waals surface area contributed by atoms with E-state index < -0.39 is 10.0 Å². The predicted molar refractivity (Wildman–Crippen MR) is 261 cm³/mol. The Balaban J connectivity index is 0. The predicted octanol–water partition coefficient (Wildman–Crippen LogP) is 5.76. The summed E-state index contributed by atoms with van der Waals surface area (Å²) in [5.74, 6) is 3.25. The van der Waals surface area contributed by atoms with Gasteiger partial charge in [-0.25, -0.2) is 12.7 Å². The zero-order valence-electron chi connectivity index (χ0n) is 43.2. The van der Waals surface area contributed by atoms with Gasteiger partial charge in [0.05, 0.1) is 5.25 Å². The van der Waals surface area contributed by atoms with Gasteiger partial charge < -0.3 is 36.0 Å². The molecule has 2 aromatic rings. The number of nitrogens with one attached hydrogen (secondary N) is 5. The Bertz CT molecular complexity index is 1560. The van der Waals surface area contributed by atoms with Gasteiger partial charge in [-0.15, -0.1) is 0 Å². The van der Waals surface area contributed by atoms with Crippen molar-refractivity contribution in [1.29, 1.82) is 0 Å². The summed E-state index contributed by atoms with van der Waals surface area (Å²) in [5.41, 5.74) is 0. The molecule has 0 radical (unpaired) electrons. The molecule has 1 unspecified atom stereocenters. The van der Waals surface area contributed by atoms with Crippen molar-refractivity contribution < 1.29 is 27.3 Å². The first-order valence-electron chi connectivity index (χ1n) is 23.4. The van der Waals surface area contributed by atoms with E-state index in [-0.39, 0.29) is 40.8 Å². The molecule has 5 N–H and O–H groups in total. The summed E-state index contributed by atoms with van der Waals surface area (Å²) in [5, 5.41) is 22.6. The second-order valence-corrected chi connectivity index (χ2v) is 21.4. The van der Waals surface area contributed by atoms with Crippen LogP contribution in [0.1, 0.15) is 153 Å². The van der Waals surface area contributed by atoms with Crippen molar-refractivity contribution in [1.82, 2.24) is 55.7 Å². The number of sulfonamides is 1. The van der Waals surface area contributed by atoms with E-state index in [0.29, 0.717) is 29.9 Å². The highest BCUT2D eigenvalue weighted by Crippen LogP contribution is 2.18. The van der Waals surface area contributed by atoms with Crippen molar-refractivity contribution in [2.75, 3.05) is 59.9 Å². The van der Waals surface area contributed by atoms with Crippen LogP contribution in [-0.4, -0.2) is 139 Å². The zero-order valence-corrected chi connectivity index (χ0v) is 44.1. The van der Waals surface area contributed by atoms with Gasteiger partial charge in [-0.05, 0) is 85.8 Å². The zero-order chi connectivity index (χ0) is 49.6. The number of carbonyl (C=O) groups is 3. The standard InChI is InChI=1S/C8H16N2O.C8H18N2.C8H15NO.C6H10N2O.C6H10N2.C5H13NO2S.C5H11NO/c1-6(2)8(11)10-7-3-4-9-5-7;1-8(2)7-10-5-3-9-4-6-10;1-6(2)8(10)9-7-4-3-5-7;1-4(2)6-7-5(3)9-8-6;1-6(2)8-5-3-4-7-8;1-5(2)9(7,8)6(3)4;1-4(2)6-5(3)7/h6-7,9H,3-5H2,1-2H3,(H,10,11);8-9H,3-7H2,1-2H3;6-7H,3-5H2,1-2H3,(H,9,10);4H,1-3H3;3-6H,1-2H3;5H,1-4H3;4H,1-3H3,(H,6,7). The van der Waals surface area contributed by atoms with E-state index in [1.807, 2.05) is 72.3 Å². The second kappa shape index (κ2) is 34.8. The van der Waals surface area contributed by atoms with Crippen LogP contribution >= 0.6 is 0 Å². The lowest BCUT2D eigenvalue weighted by molar-refractivity contribution is -0.125. The molecule has 17 nitrogen and oxygen atoms in total. The Morgan fingerprint density at radius 1 is 0.828 bits per heavy atom. The lowest BCUT2D eigenvalue weighted by Crippen LogP contribution is -2.44. The monoisotopic (exact) mass is 928 g/mol. The normalized spacial score (nSPS) is 16.1. The van der Waals surface area contributed by atoms with E-state index in [4.69, 9.17) is 4.52 Å². The van der Waals surface area contributed by atoms with Crippen LogP contribution in [0.25, 0.3) is 0 Å². The van der Waals surface area contributed by atoms with Crippen LogP contribution in [0.4, 0.5) is 0 Å². The molecule has 3 aliphatic rings. The molecule has 3 amide bonds. The molecule has 4 heterocycles. The average Bonchev–Trinajstić information content (AvgIpc) is 3.99. The molecule has 5 rings (SSSR count). The highest BCUT2D eigenvalue weighted by Gasteiger charge is 2.21. The minimum Gasteiger partial charge on any atom is -0.354 e. The van der Waals surface area contributed by atoms with Crippen LogP contribution in [-0.2, 0) is 24.4 Å². The summed E-state index contributed by atoms with van der Waals surface area (Å²) in [4.78, 5) is 38.9. The summed E-state index contributed by atoms with van der Waals surface area (Å²) in [6.07, 6.45) is 8.46. The van der Waals surface area contributed by atoms with Crippen molar-refractivity contribution >= 4 is 27.7 Å². The third-order valence-corrected chi connectivity index (χ3v) is 11.7. The minimum absolute atomic E-state index is 0.0370. The summed E-state index contributed by atoms with van der Waals surface area (Å²) >= 11 is 0. The molecule has 2 aliphatic heterocycles. The summed E-state index contributed by atoms with van der Waals surface area (Å²) in [6.45, 7) is 39.0. The number of aryl methyl sites for hydroxylation is 1. The van der Waals surface area contributed by atoms with Crippen molar-refractivity contribution in [3.05, 3.63) is 30.2 Å². The number of piperazine rings is 1. The van der Waals surface area contributed by atoms with Gasteiger partial charge in [-0.3, -0.25) is 19.1 Å². The molecule has 3 fully saturated rings. The van der Waals surface area contributed by atoms with Crippen molar-refractivity contribution in [2.24, 2.45) is 17.8 Å². The second-order valence-electron chi connectivity index (χ2n) is 18.7. The molecular weight excluding hydrogens is 835 g/mol. The molecule has 374 valence electrons. The highest BCUT2D eigenvalue weighted by atomic mass is 32.2. The fourth-order valence-electron chi connectivity index (χ4n) is 5.44. The number of nitrogens with zero attached hydrogens (tertiary/aromatic N) is 6. The SMILES string of the molecule is CC(=O)NC(C)C.CC(C)C(=O)NC1CCC1.CC(C)C(=O)NC1CCNC1.CC(C)CN1CCNCC1.CC(C)S(=O)(=O)N(C)C.CC(C)n1cccn1.Cc1nc(C(C)C)no1. The van der Waals surface area contributed by atoms with E-state index in [0.717, 1.165) is 31.3 Å². The molecule has 1 aliphatic carbocycles. The Morgan fingerprint density at radius 3 is 1.62 bits per heavy atom. The Morgan fingerprint density at radius 2 is 1.38 bits per heavy atom. The largest absolute Gasteiger partial charge is 0.354 e. The molecule has 1 saturated carbocycles. The molecule has 1 atom stereocenters. The smallest absolute Gasteiger partial charge is 0.223 e. The molecule has 2 saturated heterocycles. The van der Waals surface area contributed by atoms with E-state index in [1.54, 1.807) is 27.0 Å². The van der Waals surface area contributed by atoms with Crippen LogP contribution in [0.15, 0.2) is 23.0 Å². The van der Waals surface area contributed by atoms with E-state index in [2.05, 4.69) is 74.4 Å². The van der Waals surface area contributed by atoms with Crippen LogP contribution < -0.4 is 26.6 Å². The molecule has 0 bridgehead atoms. The van der Waals surface area contributed by atoms with Crippen LogP contribution in [0.2, 0.25) is 0 Å². The minimum atomic E-state index is -2.98. The number of hydrogen-bond acceptors (Lipinski definition) is 12. The maximum Gasteiger partial charge on any atom is 0.223 e. The average molecular weight is 928 g/mol. The van der Waals surface area contributed by atoms with Crippen molar-refractivity contribution in [2.45, 2.75) is 172 Å². The van der Waals surface area contributed by atoms with Gasteiger partial charge in [-0.1, -0.05) is 60.5 Å². The fraction of sp³-hybridized carbons (Fsp3) is 0.826. The van der Waals surface area contributed by atoms with Gasteiger partial charge in [0.1, 0.15) is 0 Å². The van der Waals surface area contributed by atoms with Crippen molar-refractivity contribution in [3.63, 3.8) is 0 Å². The van der Waals surface area contributed by atoms with E-state index in [9.17, 15) is 22.8 Å². The lowest BCUT2D eigenvalue weighted by Gasteiger charge is -2.28. The summed E-state index contributed by atoms with van der Waals surface area (Å²) in [7, 11) is 0.0926. The molecule has 0 spiro atoms. The number of carbonyl (C=O) groups excluding carboxylic acids is 3.